The minimum atomic E-state index is -0.0760. The highest BCUT2D eigenvalue weighted by Crippen LogP contribution is 2.30. The SMILES string of the molecule is O=C(c1ccncc1)N1C[C@@H]2CC[C@H](C1)N(C(=O)c1ccco1)C2. The minimum Gasteiger partial charge on any atom is -0.459 e. The first-order valence-electron chi connectivity index (χ1n) is 8.26. The minimum absolute atomic E-state index is 0.0154. The molecule has 0 N–H and O–H groups in total. The van der Waals surface area contributed by atoms with Crippen LogP contribution < -0.4 is 0 Å². The summed E-state index contributed by atoms with van der Waals surface area (Å²) in [6.07, 6.45) is 6.76. The summed E-state index contributed by atoms with van der Waals surface area (Å²) in [4.78, 5) is 33.2. The second-order valence-electron chi connectivity index (χ2n) is 6.48. The van der Waals surface area contributed by atoms with E-state index in [-0.39, 0.29) is 17.9 Å². The van der Waals surface area contributed by atoms with Crippen LogP contribution in [-0.4, -0.2) is 52.3 Å². The van der Waals surface area contributed by atoms with E-state index in [1.165, 1.54) is 6.26 Å². The molecule has 124 valence electrons. The average Bonchev–Trinajstić information content (AvgIpc) is 3.01. The first-order chi connectivity index (χ1) is 11.7. The molecule has 2 atom stereocenters. The van der Waals surface area contributed by atoms with Gasteiger partial charge in [0.1, 0.15) is 0 Å². The lowest BCUT2D eigenvalue weighted by Crippen LogP contribution is -2.47. The molecule has 0 saturated carbocycles. The van der Waals surface area contributed by atoms with Gasteiger partial charge in [-0.05, 0) is 43.0 Å². The van der Waals surface area contributed by atoms with Crippen LogP contribution in [0, 0.1) is 5.92 Å². The molecule has 3 fully saturated rings. The topological polar surface area (TPSA) is 66.7 Å². The van der Waals surface area contributed by atoms with Crippen molar-refractivity contribution in [2.45, 2.75) is 18.9 Å². The van der Waals surface area contributed by atoms with Gasteiger partial charge in [0.25, 0.3) is 11.8 Å². The van der Waals surface area contributed by atoms with E-state index >= 15 is 0 Å². The number of hydrogen-bond acceptors (Lipinski definition) is 4. The van der Waals surface area contributed by atoms with Crippen LogP contribution in [0.3, 0.4) is 0 Å². The molecule has 0 aromatic carbocycles. The fourth-order valence-electron chi connectivity index (χ4n) is 3.72. The summed E-state index contributed by atoms with van der Waals surface area (Å²) in [5.41, 5.74) is 0.648. The summed E-state index contributed by atoms with van der Waals surface area (Å²) in [5, 5.41) is 0. The highest BCUT2D eigenvalue weighted by atomic mass is 16.3. The molecule has 0 unspecified atom stereocenters. The van der Waals surface area contributed by atoms with Gasteiger partial charge in [-0.2, -0.15) is 0 Å². The number of rotatable bonds is 2. The molecular weight excluding hydrogens is 306 g/mol. The van der Waals surface area contributed by atoms with Gasteiger partial charge in [-0.15, -0.1) is 0 Å². The summed E-state index contributed by atoms with van der Waals surface area (Å²) < 4.78 is 5.26. The first kappa shape index (κ1) is 14.9. The monoisotopic (exact) mass is 325 g/mol. The predicted octanol–water partition coefficient (Wildman–Crippen LogP) is 2.05. The Balaban J connectivity index is 1.55. The lowest BCUT2D eigenvalue weighted by atomic mass is 9.95. The third-order valence-electron chi connectivity index (χ3n) is 4.92. The highest BCUT2D eigenvalue weighted by Gasteiger charge is 2.39. The van der Waals surface area contributed by atoms with Crippen LogP contribution in [0.1, 0.15) is 33.8 Å². The van der Waals surface area contributed by atoms with Gasteiger partial charge in [-0.3, -0.25) is 14.6 Å². The molecule has 3 aliphatic rings. The van der Waals surface area contributed by atoms with Gasteiger partial charge in [0.2, 0.25) is 0 Å². The van der Waals surface area contributed by atoms with Crippen LogP contribution in [0.25, 0.3) is 0 Å². The third kappa shape index (κ3) is 2.68. The zero-order valence-electron chi connectivity index (χ0n) is 13.3. The van der Waals surface area contributed by atoms with Crippen molar-refractivity contribution in [3.8, 4) is 0 Å². The number of fused-ring (bicyclic) bond motifs is 4. The van der Waals surface area contributed by atoms with Crippen LogP contribution in [0.15, 0.2) is 47.3 Å². The summed E-state index contributed by atoms with van der Waals surface area (Å²) in [6, 6.07) is 6.94. The van der Waals surface area contributed by atoms with E-state index in [2.05, 4.69) is 4.98 Å². The second-order valence-corrected chi connectivity index (χ2v) is 6.48. The zero-order chi connectivity index (χ0) is 16.5. The van der Waals surface area contributed by atoms with Crippen LogP contribution in [-0.2, 0) is 0 Å². The molecule has 0 radical (unpaired) electrons. The number of aromatic nitrogens is 1. The molecule has 2 aromatic heterocycles. The molecule has 2 bridgehead atoms. The van der Waals surface area contributed by atoms with Crippen molar-refractivity contribution in [3.63, 3.8) is 0 Å². The number of amides is 2. The van der Waals surface area contributed by atoms with Crippen molar-refractivity contribution >= 4 is 11.8 Å². The van der Waals surface area contributed by atoms with Crippen molar-refractivity contribution in [2.24, 2.45) is 5.92 Å². The standard InChI is InChI=1S/C18H19N3O3/c22-17(14-5-7-19-8-6-14)20-10-13-3-4-15(12-20)21(11-13)18(23)16-2-1-9-24-16/h1-2,5-9,13,15H,3-4,10-12H2/t13-,15+/m0/s1. The maximum absolute atomic E-state index is 12.8. The molecule has 0 aliphatic carbocycles. The Labute approximate surface area is 140 Å². The fourth-order valence-corrected chi connectivity index (χ4v) is 3.72. The van der Waals surface area contributed by atoms with E-state index in [0.29, 0.717) is 36.9 Å². The van der Waals surface area contributed by atoms with E-state index < -0.39 is 0 Å². The highest BCUT2D eigenvalue weighted by molar-refractivity contribution is 5.94. The molecule has 6 heteroatoms. The van der Waals surface area contributed by atoms with E-state index in [1.54, 1.807) is 36.7 Å². The largest absolute Gasteiger partial charge is 0.459 e. The molecule has 2 amide bonds. The number of carbonyl (C=O) groups excluding carboxylic acids is 2. The van der Waals surface area contributed by atoms with E-state index in [0.717, 1.165) is 12.8 Å². The third-order valence-corrected chi connectivity index (χ3v) is 4.92. The van der Waals surface area contributed by atoms with Gasteiger partial charge >= 0.3 is 0 Å². The van der Waals surface area contributed by atoms with E-state index in [9.17, 15) is 9.59 Å². The van der Waals surface area contributed by atoms with Crippen molar-refractivity contribution in [3.05, 3.63) is 54.2 Å². The predicted molar refractivity (Wildman–Crippen MR) is 86.4 cm³/mol. The molecule has 6 nitrogen and oxygen atoms in total. The number of nitrogens with zero attached hydrogens (tertiary/aromatic N) is 3. The Kier molecular flexibility index (Phi) is 3.80. The quantitative estimate of drug-likeness (QED) is 0.847. The first-order valence-corrected chi connectivity index (χ1v) is 8.26. The van der Waals surface area contributed by atoms with Crippen LogP contribution >= 0.6 is 0 Å². The van der Waals surface area contributed by atoms with Gasteiger partial charge in [0.15, 0.2) is 5.76 Å². The molecule has 3 saturated heterocycles. The van der Waals surface area contributed by atoms with Crippen LogP contribution in [0.4, 0.5) is 0 Å². The Morgan fingerprint density at radius 2 is 1.88 bits per heavy atom. The van der Waals surface area contributed by atoms with Crippen molar-refractivity contribution in [2.75, 3.05) is 19.6 Å². The van der Waals surface area contributed by atoms with Gasteiger partial charge < -0.3 is 14.2 Å². The number of furan rings is 1. The van der Waals surface area contributed by atoms with E-state index in [4.69, 9.17) is 4.42 Å². The smallest absolute Gasteiger partial charge is 0.289 e. The number of carbonyl (C=O) groups is 2. The molecule has 24 heavy (non-hydrogen) atoms. The normalized spacial score (nSPS) is 23.2. The van der Waals surface area contributed by atoms with Gasteiger partial charge in [-0.25, -0.2) is 0 Å². The summed E-state index contributed by atoms with van der Waals surface area (Å²) in [7, 11) is 0. The Morgan fingerprint density at radius 1 is 1.04 bits per heavy atom. The van der Waals surface area contributed by atoms with Gasteiger partial charge in [0.05, 0.1) is 6.26 Å². The van der Waals surface area contributed by atoms with Gasteiger partial charge in [0, 0.05) is 43.6 Å². The van der Waals surface area contributed by atoms with Gasteiger partial charge in [-0.1, -0.05) is 0 Å². The molecule has 2 aromatic rings. The summed E-state index contributed by atoms with van der Waals surface area (Å²) >= 11 is 0. The maximum atomic E-state index is 12.8. The zero-order valence-corrected chi connectivity index (χ0v) is 13.3. The Morgan fingerprint density at radius 3 is 2.62 bits per heavy atom. The van der Waals surface area contributed by atoms with E-state index in [1.807, 2.05) is 9.80 Å². The lowest BCUT2D eigenvalue weighted by molar-refractivity contribution is 0.0544. The Hall–Kier alpha value is -2.63. The number of piperidine rings is 1. The molecule has 5 rings (SSSR count). The van der Waals surface area contributed by atoms with Crippen molar-refractivity contribution in [1.29, 1.82) is 0 Å². The summed E-state index contributed by atoms with van der Waals surface area (Å²) in [5.74, 6) is 0.623. The molecule has 0 spiro atoms. The fraction of sp³-hybridized carbons (Fsp3) is 0.389. The number of pyridine rings is 1. The van der Waals surface area contributed by atoms with Crippen LogP contribution in [0.2, 0.25) is 0 Å². The molecule has 3 aliphatic heterocycles. The lowest BCUT2D eigenvalue weighted by Gasteiger charge is -2.35. The average molecular weight is 325 g/mol. The summed E-state index contributed by atoms with van der Waals surface area (Å²) in [6.45, 7) is 1.95. The van der Waals surface area contributed by atoms with Crippen molar-refractivity contribution < 1.29 is 14.0 Å². The second kappa shape index (κ2) is 6.11. The van der Waals surface area contributed by atoms with Crippen molar-refractivity contribution in [1.82, 2.24) is 14.8 Å². The van der Waals surface area contributed by atoms with Crippen LogP contribution in [0.5, 0.6) is 0 Å². The molecular formula is C18H19N3O3. The number of hydrogen-bond donors (Lipinski definition) is 0. The maximum Gasteiger partial charge on any atom is 0.289 e. The Bertz CT molecular complexity index is 729. The molecule has 5 heterocycles.